The van der Waals surface area contributed by atoms with Crippen LogP contribution in [0.15, 0.2) is 0 Å². The van der Waals surface area contributed by atoms with Crippen LogP contribution in [0.25, 0.3) is 0 Å². The van der Waals surface area contributed by atoms with E-state index in [1.807, 2.05) is 0 Å². The molecular formula is C4H2NO3-. The predicted octanol–water partition coefficient (Wildman–Crippen LogP) is -1.78. The van der Waals surface area contributed by atoms with Gasteiger partial charge in [0.25, 0.3) is 0 Å². The molecule has 0 fully saturated rings. The third-order valence-corrected chi connectivity index (χ3v) is 0.430. The Labute approximate surface area is 45.3 Å². The minimum absolute atomic E-state index is 0.809. The van der Waals surface area contributed by atoms with Crippen LogP contribution >= 0.6 is 0 Å². The van der Waals surface area contributed by atoms with Gasteiger partial charge in [-0.2, -0.15) is 5.26 Å². The van der Waals surface area contributed by atoms with E-state index in [1.54, 1.807) is 0 Å². The van der Waals surface area contributed by atoms with Crippen LogP contribution in [-0.2, 0) is 9.59 Å². The Kier molecular flexibility index (Phi) is 2.28. The highest BCUT2D eigenvalue weighted by molar-refractivity contribution is 6.03. The summed E-state index contributed by atoms with van der Waals surface area (Å²) in [6.45, 7) is 0. The summed E-state index contributed by atoms with van der Waals surface area (Å²) >= 11 is 0. The molecule has 0 spiro atoms. The summed E-state index contributed by atoms with van der Waals surface area (Å²) in [4.78, 5) is 19.3. The standard InChI is InChI=1S/C4H3NO3/c5-2-3(6)1-4(7)8/h1H2,(H,7,8)/p-1. The van der Waals surface area contributed by atoms with Crippen LogP contribution in [-0.4, -0.2) is 11.8 Å². The first-order chi connectivity index (χ1) is 3.66. The van der Waals surface area contributed by atoms with Crippen molar-refractivity contribution in [1.82, 2.24) is 0 Å². The van der Waals surface area contributed by atoms with Crippen LogP contribution in [0.4, 0.5) is 0 Å². The second-order valence-corrected chi connectivity index (χ2v) is 1.08. The van der Waals surface area contributed by atoms with Crippen LogP contribution in [0.5, 0.6) is 0 Å². The number of nitrogens with zero attached hydrogens (tertiary/aromatic N) is 1. The molecule has 0 amide bonds. The number of ketones is 1. The number of carbonyl (C=O) groups is 2. The Bertz CT molecular complexity index is 155. The number of carbonyl (C=O) groups excluding carboxylic acids is 2. The summed E-state index contributed by atoms with van der Waals surface area (Å²) < 4.78 is 0. The first-order valence-electron chi connectivity index (χ1n) is 1.79. The van der Waals surface area contributed by atoms with E-state index in [0.717, 1.165) is 6.07 Å². The van der Waals surface area contributed by atoms with E-state index in [-0.39, 0.29) is 0 Å². The van der Waals surface area contributed by atoms with Gasteiger partial charge in [0, 0.05) is 5.97 Å². The summed E-state index contributed by atoms with van der Waals surface area (Å²) in [7, 11) is 0. The molecule has 0 aromatic carbocycles. The number of carboxylic acid groups (broad SMARTS) is 1. The van der Waals surface area contributed by atoms with Crippen LogP contribution in [0.3, 0.4) is 0 Å². The van der Waals surface area contributed by atoms with E-state index in [1.165, 1.54) is 0 Å². The maximum absolute atomic E-state index is 9.84. The Hall–Kier alpha value is -1.37. The van der Waals surface area contributed by atoms with Crippen molar-refractivity contribution in [2.75, 3.05) is 0 Å². The largest absolute Gasteiger partial charge is 0.550 e. The van der Waals surface area contributed by atoms with Crippen LogP contribution in [0.2, 0.25) is 0 Å². The SMILES string of the molecule is N#CC(=O)CC(=O)[O-]. The van der Waals surface area contributed by atoms with E-state index in [9.17, 15) is 14.7 Å². The normalized spacial score (nSPS) is 7.38. The molecule has 0 radical (unpaired) electrons. The number of carboxylic acids is 1. The average molecular weight is 112 g/mol. The minimum atomic E-state index is -1.52. The lowest BCUT2D eigenvalue weighted by Gasteiger charge is -1.90. The third kappa shape index (κ3) is 2.85. The van der Waals surface area contributed by atoms with Crippen molar-refractivity contribution in [3.63, 3.8) is 0 Å². The Morgan fingerprint density at radius 1 is 1.62 bits per heavy atom. The molecule has 0 saturated carbocycles. The first-order valence-corrected chi connectivity index (χ1v) is 1.79. The molecule has 0 bridgehead atoms. The molecule has 0 heterocycles. The highest BCUT2D eigenvalue weighted by Crippen LogP contribution is 1.75. The summed E-state index contributed by atoms with van der Waals surface area (Å²) in [5, 5.41) is 17.2. The number of Topliss-reactive ketones (excluding diaryl/α,β-unsaturated/α-hetero) is 1. The summed E-state index contributed by atoms with van der Waals surface area (Å²) in [6.07, 6.45) is -0.809. The monoisotopic (exact) mass is 112 g/mol. The third-order valence-electron chi connectivity index (χ3n) is 0.430. The van der Waals surface area contributed by atoms with Gasteiger partial charge in [0.2, 0.25) is 5.78 Å². The van der Waals surface area contributed by atoms with Gasteiger partial charge in [0.1, 0.15) is 6.07 Å². The van der Waals surface area contributed by atoms with E-state index in [2.05, 4.69) is 0 Å². The van der Waals surface area contributed by atoms with E-state index in [0.29, 0.717) is 0 Å². The Balaban J connectivity index is 3.61. The van der Waals surface area contributed by atoms with Gasteiger partial charge in [0.05, 0.1) is 6.42 Å². The van der Waals surface area contributed by atoms with E-state index >= 15 is 0 Å². The van der Waals surface area contributed by atoms with Gasteiger partial charge in [-0.15, -0.1) is 0 Å². The molecule has 0 aliphatic rings. The van der Waals surface area contributed by atoms with Gasteiger partial charge in [-0.25, -0.2) is 0 Å². The quantitative estimate of drug-likeness (QED) is 0.312. The van der Waals surface area contributed by atoms with Crippen molar-refractivity contribution >= 4 is 11.8 Å². The fourth-order valence-corrected chi connectivity index (χ4v) is 0.171. The van der Waals surface area contributed by atoms with Crippen molar-refractivity contribution < 1.29 is 14.7 Å². The van der Waals surface area contributed by atoms with E-state index in [4.69, 9.17) is 5.26 Å². The van der Waals surface area contributed by atoms with Crippen molar-refractivity contribution in [2.45, 2.75) is 6.42 Å². The van der Waals surface area contributed by atoms with Gasteiger partial charge in [0.15, 0.2) is 0 Å². The van der Waals surface area contributed by atoms with Crippen molar-refractivity contribution in [1.29, 1.82) is 5.26 Å². The van der Waals surface area contributed by atoms with Crippen LogP contribution in [0.1, 0.15) is 6.42 Å². The molecule has 4 heteroatoms. The van der Waals surface area contributed by atoms with Gasteiger partial charge in [-0.3, -0.25) is 4.79 Å². The maximum Gasteiger partial charge on any atom is 0.237 e. The second-order valence-electron chi connectivity index (χ2n) is 1.08. The highest BCUT2D eigenvalue weighted by atomic mass is 16.4. The number of hydrogen-bond acceptors (Lipinski definition) is 4. The molecule has 0 rings (SSSR count). The van der Waals surface area contributed by atoms with E-state index < -0.39 is 18.2 Å². The first kappa shape index (κ1) is 6.63. The van der Waals surface area contributed by atoms with Gasteiger partial charge in [-0.1, -0.05) is 0 Å². The summed E-state index contributed by atoms with van der Waals surface area (Å²) in [5.74, 6) is -2.50. The van der Waals surface area contributed by atoms with Crippen LogP contribution < -0.4 is 5.11 Å². The zero-order valence-electron chi connectivity index (χ0n) is 3.88. The molecule has 0 aromatic heterocycles. The number of hydrogen-bond donors (Lipinski definition) is 0. The molecule has 0 saturated heterocycles. The number of nitriles is 1. The molecule has 0 atom stereocenters. The smallest absolute Gasteiger partial charge is 0.237 e. The lowest BCUT2D eigenvalue weighted by molar-refractivity contribution is -0.304. The molecule has 0 aliphatic carbocycles. The molecule has 0 N–H and O–H groups in total. The van der Waals surface area contributed by atoms with Gasteiger partial charge >= 0.3 is 0 Å². The molecule has 0 unspecified atom stereocenters. The fourth-order valence-electron chi connectivity index (χ4n) is 0.171. The van der Waals surface area contributed by atoms with Gasteiger partial charge in [-0.05, 0) is 0 Å². The Morgan fingerprint density at radius 2 is 2.12 bits per heavy atom. The number of rotatable bonds is 2. The summed E-state index contributed by atoms with van der Waals surface area (Å²) in [6, 6.07) is 1.14. The second kappa shape index (κ2) is 2.75. The molecular weight excluding hydrogens is 110 g/mol. The lowest BCUT2D eigenvalue weighted by atomic mass is 10.3. The topological polar surface area (TPSA) is 81.0 Å². The predicted molar refractivity (Wildman–Crippen MR) is 20.2 cm³/mol. The molecule has 8 heavy (non-hydrogen) atoms. The molecule has 4 nitrogen and oxygen atoms in total. The molecule has 42 valence electrons. The fraction of sp³-hybridized carbons (Fsp3) is 0.250. The Morgan fingerprint density at radius 3 is 2.25 bits per heavy atom. The van der Waals surface area contributed by atoms with Gasteiger partial charge < -0.3 is 9.90 Å². The maximum atomic E-state index is 9.84. The zero-order valence-corrected chi connectivity index (χ0v) is 3.88. The zero-order chi connectivity index (χ0) is 6.57. The van der Waals surface area contributed by atoms with Crippen molar-refractivity contribution in [3.8, 4) is 6.07 Å². The van der Waals surface area contributed by atoms with Crippen molar-refractivity contribution in [3.05, 3.63) is 0 Å². The summed E-state index contributed by atoms with van der Waals surface area (Å²) in [5.41, 5.74) is 0. The number of aliphatic carboxylic acids is 1. The minimum Gasteiger partial charge on any atom is -0.550 e. The average Bonchev–Trinajstić information content (AvgIpc) is 1.65. The van der Waals surface area contributed by atoms with Crippen LogP contribution in [0, 0.1) is 11.3 Å². The molecule has 0 aliphatic heterocycles. The lowest BCUT2D eigenvalue weighted by Crippen LogP contribution is -2.24. The highest BCUT2D eigenvalue weighted by Gasteiger charge is 1.96. The van der Waals surface area contributed by atoms with Crippen molar-refractivity contribution in [2.24, 2.45) is 0 Å². The molecule has 0 aromatic rings.